The van der Waals surface area contributed by atoms with Crippen LogP contribution in [0.1, 0.15) is 50.1 Å². The monoisotopic (exact) mass is 515 g/mol. The molecule has 1 fully saturated rings. The van der Waals surface area contributed by atoms with Gasteiger partial charge in [-0.05, 0) is 76.4 Å². The maximum Gasteiger partial charge on any atom is 0.229 e. The lowest BCUT2D eigenvalue weighted by Gasteiger charge is -2.28. The van der Waals surface area contributed by atoms with E-state index in [2.05, 4.69) is 50.6 Å². The number of likely N-dealkylation sites (tertiary alicyclic amines) is 1. The number of aryl methyl sites for hydroxylation is 2. The van der Waals surface area contributed by atoms with Gasteiger partial charge in [0, 0.05) is 36.8 Å². The van der Waals surface area contributed by atoms with Crippen molar-refractivity contribution in [2.24, 2.45) is 0 Å². The molecule has 1 aromatic carbocycles. The van der Waals surface area contributed by atoms with Crippen molar-refractivity contribution in [2.45, 2.75) is 64.7 Å². The van der Waals surface area contributed by atoms with E-state index in [1.54, 1.807) is 6.20 Å². The molecule has 0 bridgehead atoms. The van der Waals surface area contributed by atoms with Gasteiger partial charge in [-0.15, -0.1) is 0 Å². The molecule has 1 saturated heterocycles. The van der Waals surface area contributed by atoms with E-state index in [4.69, 9.17) is 9.72 Å². The third-order valence-electron chi connectivity index (χ3n) is 7.82. The Bertz CT molecular complexity index is 1470. The number of ether oxygens (including phenoxy) is 1. The normalized spacial score (nSPS) is 17.7. The molecule has 0 spiro atoms. The van der Waals surface area contributed by atoms with E-state index < -0.39 is 5.82 Å². The van der Waals surface area contributed by atoms with Crippen LogP contribution in [-0.2, 0) is 23.3 Å². The summed E-state index contributed by atoms with van der Waals surface area (Å²) in [4.78, 5) is 20.4. The predicted molar refractivity (Wildman–Crippen MR) is 146 cm³/mol. The van der Waals surface area contributed by atoms with Gasteiger partial charge in [-0.2, -0.15) is 0 Å². The summed E-state index contributed by atoms with van der Waals surface area (Å²) < 4.78 is 23.3. The van der Waals surface area contributed by atoms with Gasteiger partial charge in [0.25, 0.3) is 0 Å². The van der Waals surface area contributed by atoms with Gasteiger partial charge in [0.15, 0.2) is 5.82 Å². The Hall–Kier alpha value is -3.43. The number of nitrogens with one attached hydrogen (secondary N) is 1. The third kappa shape index (κ3) is 4.76. The van der Waals surface area contributed by atoms with Crippen LogP contribution in [0.15, 0.2) is 36.7 Å². The molecule has 8 nitrogen and oxygen atoms in total. The molecule has 9 heteroatoms. The fourth-order valence-corrected chi connectivity index (χ4v) is 5.60. The van der Waals surface area contributed by atoms with Gasteiger partial charge < -0.3 is 19.5 Å². The molecule has 0 aliphatic carbocycles. The van der Waals surface area contributed by atoms with Crippen molar-refractivity contribution in [1.29, 1.82) is 0 Å². The van der Waals surface area contributed by atoms with E-state index in [0.29, 0.717) is 30.0 Å². The Kier molecular flexibility index (Phi) is 6.36. The number of anilines is 2. The second-order valence-corrected chi connectivity index (χ2v) is 11.2. The van der Waals surface area contributed by atoms with Gasteiger partial charge in [0.2, 0.25) is 5.95 Å². The minimum Gasteiger partial charge on any atom is -0.373 e. The van der Waals surface area contributed by atoms with Crippen molar-refractivity contribution in [1.82, 2.24) is 29.4 Å². The van der Waals surface area contributed by atoms with Crippen molar-refractivity contribution in [3.8, 4) is 11.3 Å². The fraction of sp³-hybridized carbons (Fsp3) is 0.448. The summed E-state index contributed by atoms with van der Waals surface area (Å²) in [6.07, 6.45) is 7.40. The maximum atomic E-state index is 15.0. The SMILES string of the molecule is Cc1cc(-c2nc(Nc3ccc(COC4CCN(C)CC4)cn3)ncc2F)cc2c1nc1n2C(C)(C)CC1. The smallest absolute Gasteiger partial charge is 0.229 e. The number of rotatable bonds is 6. The number of benzene rings is 1. The standard InChI is InChI=1S/C29H34FN7O/c1-18-13-20(14-23-26(18)34-25-7-10-29(2,3)37(23)25)27-22(30)16-32-28(35-27)33-24-6-5-19(15-31-24)17-38-21-8-11-36(4)12-9-21/h5-6,13-16,21H,7-12,17H2,1-4H3,(H,31,32,33,35). The number of piperidine rings is 1. The molecule has 6 rings (SSSR count). The molecule has 38 heavy (non-hydrogen) atoms. The lowest BCUT2D eigenvalue weighted by Crippen LogP contribution is -2.34. The van der Waals surface area contributed by atoms with Crippen LogP contribution in [0, 0.1) is 12.7 Å². The largest absolute Gasteiger partial charge is 0.373 e. The summed E-state index contributed by atoms with van der Waals surface area (Å²) in [5.74, 6) is 1.50. The number of fused-ring (bicyclic) bond motifs is 3. The predicted octanol–water partition coefficient (Wildman–Crippen LogP) is 5.37. The van der Waals surface area contributed by atoms with Gasteiger partial charge in [-0.1, -0.05) is 6.07 Å². The van der Waals surface area contributed by atoms with E-state index in [0.717, 1.165) is 66.8 Å². The summed E-state index contributed by atoms with van der Waals surface area (Å²) in [6.45, 7) is 9.14. The average Bonchev–Trinajstić information content (AvgIpc) is 3.43. The van der Waals surface area contributed by atoms with E-state index in [1.165, 1.54) is 6.20 Å². The summed E-state index contributed by atoms with van der Waals surface area (Å²) in [6, 6.07) is 7.80. The van der Waals surface area contributed by atoms with Crippen LogP contribution >= 0.6 is 0 Å². The molecule has 4 aromatic rings. The first-order chi connectivity index (χ1) is 18.3. The van der Waals surface area contributed by atoms with Crippen LogP contribution < -0.4 is 5.32 Å². The number of hydrogen-bond donors (Lipinski definition) is 1. The number of pyridine rings is 1. The molecule has 0 radical (unpaired) electrons. The molecule has 0 saturated carbocycles. The minimum atomic E-state index is -0.468. The highest BCUT2D eigenvalue weighted by molar-refractivity contribution is 5.86. The zero-order valence-corrected chi connectivity index (χ0v) is 22.5. The molecule has 1 N–H and O–H groups in total. The lowest BCUT2D eigenvalue weighted by molar-refractivity contribution is 0.00204. The highest BCUT2D eigenvalue weighted by atomic mass is 19.1. The topological polar surface area (TPSA) is 81.0 Å². The number of aromatic nitrogens is 5. The second-order valence-electron chi connectivity index (χ2n) is 11.2. The van der Waals surface area contributed by atoms with Crippen molar-refractivity contribution in [3.63, 3.8) is 0 Å². The first-order valence-corrected chi connectivity index (χ1v) is 13.3. The van der Waals surface area contributed by atoms with Crippen molar-refractivity contribution >= 4 is 22.8 Å². The van der Waals surface area contributed by atoms with Gasteiger partial charge in [-0.25, -0.2) is 24.3 Å². The van der Waals surface area contributed by atoms with Gasteiger partial charge in [0.1, 0.15) is 17.3 Å². The molecular weight excluding hydrogens is 481 g/mol. The Morgan fingerprint density at radius 1 is 1.11 bits per heavy atom. The molecule has 0 amide bonds. The molecule has 3 aromatic heterocycles. The highest BCUT2D eigenvalue weighted by Gasteiger charge is 2.32. The first kappa shape index (κ1) is 24.9. The van der Waals surface area contributed by atoms with E-state index in [-0.39, 0.29) is 11.2 Å². The number of halogens is 1. The first-order valence-electron chi connectivity index (χ1n) is 13.3. The molecular formula is C29H34FN7O. The van der Waals surface area contributed by atoms with Crippen LogP contribution in [0.4, 0.5) is 16.2 Å². The van der Waals surface area contributed by atoms with Crippen LogP contribution in [-0.4, -0.2) is 55.6 Å². The summed E-state index contributed by atoms with van der Waals surface area (Å²) in [7, 11) is 2.14. The lowest BCUT2D eigenvalue weighted by atomic mass is 10.0. The molecule has 2 aliphatic rings. The average molecular weight is 516 g/mol. The van der Waals surface area contributed by atoms with E-state index in [1.807, 2.05) is 31.2 Å². The minimum absolute atomic E-state index is 0.0257. The number of imidazole rings is 1. The van der Waals surface area contributed by atoms with Gasteiger partial charge in [-0.3, -0.25) is 0 Å². The third-order valence-corrected chi connectivity index (χ3v) is 7.82. The van der Waals surface area contributed by atoms with E-state index in [9.17, 15) is 4.39 Å². The van der Waals surface area contributed by atoms with Crippen molar-refractivity contribution in [3.05, 3.63) is 59.4 Å². The number of hydrogen-bond acceptors (Lipinski definition) is 7. The highest BCUT2D eigenvalue weighted by Crippen LogP contribution is 2.38. The molecule has 2 aliphatic heterocycles. The zero-order chi connectivity index (χ0) is 26.4. The molecule has 0 unspecified atom stereocenters. The Balaban J connectivity index is 1.20. The van der Waals surface area contributed by atoms with Crippen molar-refractivity contribution in [2.75, 3.05) is 25.5 Å². The molecule has 198 valence electrons. The molecule has 0 atom stereocenters. The Morgan fingerprint density at radius 2 is 1.92 bits per heavy atom. The van der Waals surface area contributed by atoms with E-state index >= 15 is 0 Å². The van der Waals surface area contributed by atoms with Gasteiger partial charge >= 0.3 is 0 Å². The van der Waals surface area contributed by atoms with Crippen LogP contribution in [0.5, 0.6) is 0 Å². The summed E-state index contributed by atoms with van der Waals surface area (Å²) in [5, 5.41) is 3.12. The van der Waals surface area contributed by atoms with Crippen molar-refractivity contribution < 1.29 is 9.13 Å². The second kappa shape index (κ2) is 9.71. The Morgan fingerprint density at radius 3 is 2.68 bits per heavy atom. The zero-order valence-electron chi connectivity index (χ0n) is 22.5. The quantitative estimate of drug-likeness (QED) is 0.370. The Labute approximate surface area is 222 Å². The van der Waals surface area contributed by atoms with Crippen LogP contribution in [0.3, 0.4) is 0 Å². The maximum absolute atomic E-state index is 15.0. The fourth-order valence-electron chi connectivity index (χ4n) is 5.60. The summed E-state index contributed by atoms with van der Waals surface area (Å²) >= 11 is 0. The van der Waals surface area contributed by atoms with Gasteiger partial charge in [0.05, 0.1) is 29.9 Å². The number of nitrogens with zero attached hydrogens (tertiary/aromatic N) is 6. The molecule has 5 heterocycles. The summed E-state index contributed by atoms with van der Waals surface area (Å²) in [5.41, 5.74) is 4.93. The van der Waals surface area contributed by atoms with Crippen LogP contribution in [0.25, 0.3) is 22.3 Å². The van der Waals surface area contributed by atoms with Crippen LogP contribution in [0.2, 0.25) is 0 Å².